The predicted molar refractivity (Wildman–Crippen MR) is 91.5 cm³/mol. The van der Waals surface area contributed by atoms with Crippen molar-refractivity contribution in [2.45, 2.75) is 32.2 Å². The number of methoxy groups -OCH3 is 1. The SMILES string of the molecule is COC(=O)[C@@H](NC(=O)c1[nH]c2c(c1C)C(=O)CCC2)c1ccccc1. The number of fused-ring (bicyclic) bond motifs is 1. The van der Waals surface area contributed by atoms with E-state index in [0.717, 1.165) is 18.5 Å². The van der Waals surface area contributed by atoms with Crippen LogP contribution in [-0.4, -0.2) is 29.8 Å². The maximum absolute atomic E-state index is 12.7. The molecular weight excluding hydrogens is 320 g/mol. The Kier molecular flexibility index (Phi) is 4.70. The van der Waals surface area contributed by atoms with Crippen molar-refractivity contribution in [3.63, 3.8) is 0 Å². The molecule has 25 heavy (non-hydrogen) atoms. The maximum atomic E-state index is 12.7. The zero-order valence-electron chi connectivity index (χ0n) is 14.2. The molecule has 1 aliphatic carbocycles. The summed E-state index contributed by atoms with van der Waals surface area (Å²) < 4.78 is 4.81. The molecule has 1 heterocycles. The standard InChI is InChI=1S/C19H20N2O4/c1-11-15-13(9-6-10-14(15)22)20-16(11)18(23)21-17(19(24)25-2)12-7-4-3-5-8-12/h3-5,7-8,17,20H,6,9-10H2,1-2H3,(H,21,23)/t17-/m0/s1. The fraction of sp³-hybridized carbons (Fsp3) is 0.316. The number of amides is 1. The van der Waals surface area contributed by atoms with Crippen LogP contribution in [-0.2, 0) is 16.0 Å². The van der Waals surface area contributed by atoms with Crippen LogP contribution in [0.4, 0.5) is 0 Å². The second-order valence-corrected chi connectivity index (χ2v) is 6.10. The number of hydrogen-bond donors (Lipinski definition) is 2. The van der Waals surface area contributed by atoms with Crippen molar-refractivity contribution in [2.75, 3.05) is 7.11 Å². The fourth-order valence-corrected chi connectivity index (χ4v) is 3.25. The summed E-state index contributed by atoms with van der Waals surface area (Å²) in [4.78, 5) is 40.0. The number of rotatable bonds is 4. The van der Waals surface area contributed by atoms with Crippen LogP contribution in [0.5, 0.6) is 0 Å². The Morgan fingerprint density at radius 2 is 1.92 bits per heavy atom. The maximum Gasteiger partial charge on any atom is 0.333 e. The van der Waals surface area contributed by atoms with Crippen LogP contribution < -0.4 is 5.32 Å². The van der Waals surface area contributed by atoms with Gasteiger partial charge in [-0.25, -0.2) is 4.79 Å². The number of aromatic nitrogens is 1. The summed E-state index contributed by atoms with van der Waals surface area (Å²) in [6, 6.07) is 7.99. The van der Waals surface area contributed by atoms with Gasteiger partial charge in [0.1, 0.15) is 5.69 Å². The van der Waals surface area contributed by atoms with Crippen LogP contribution in [0.15, 0.2) is 30.3 Å². The Bertz CT molecular complexity index is 823. The molecule has 2 aromatic rings. The van der Waals surface area contributed by atoms with Gasteiger partial charge in [-0.15, -0.1) is 0 Å². The molecule has 0 bridgehead atoms. The van der Waals surface area contributed by atoms with E-state index in [0.29, 0.717) is 28.8 Å². The highest BCUT2D eigenvalue weighted by molar-refractivity contribution is 6.04. The molecule has 1 atom stereocenters. The van der Waals surface area contributed by atoms with Crippen molar-refractivity contribution < 1.29 is 19.1 Å². The van der Waals surface area contributed by atoms with Crippen LogP contribution in [0, 0.1) is 6.92 Å². The Labute approximate surface area is 145 Å². The molecule has 2 N–H and O–H groups in total. The van der Waals surface area contributed by atoms with E-state index < -0.39 is 17.9 Å². The number of H-pyrrole nitrogens is 1. The lowest BCUT2D eigenvalue weighted by molar-refractivity contribution is -0.143. The molecule has 0 aliphatic heterocycles. The van der Waals surface area contributed by atoms with E-state index >= 15 is 0 Å². The van der Waals surface area contributed by atoms with Gasteiger partial charge in [-0.2, -0.15) is 0 Å². The number of Topliss-reactive ketones (excluding diaryl/α,β-unsaturated/α-hetero) is 1. The summed E-state index contributed by atoms with van der Waals surface area (Å²) in [7, 11) is 1.28. The second kappa shape index (κ2) is 6.93. The van der Waals surface area contributed by atoms with Crippen molar-refractivity contribution in [1.82, 2.24) is 10.3 Å². The molecule has 1 aliphatic rings. The molecule has 0 saturated carbocycles. The molecular formula is C19H20N2O4. The Hall–Kier alpha value is -2.89. The normalized spacial score (nSPS) is 14.6. The molecule has 6 heteroatoms. The molecule has 0 saturated heterocycles. The first-order valence-corrected chi connectivity index (χ1v) is 8.21. The second-order valence-electron chi connectivity index (χ2n) is 6.10. The first-order valence-electron chi connectivity index (χ1n) is 8.21. The largest absolute Gasteiger partial charge is 0.467 e. The molecule has 0 unspecified atom stereocenters. The molecule has 0 radical (unpaired) electrons. The highest BCUT2D eigenvalue weighted by atomic mass is 16.5. The third-order valence-electron chi connectivity index (χ3n) is 4.51. The number of nitrogens with one attached hydrogen (secondary N) is 2. The van der Waals surface area contributed by atoms with Gasteiger partial charge in [0.15, 0.2) is 11.8 Å². The highest BCUT2D eigenvalue weighted by Crippen LogP contribution is 2.27. The van der Waals surface area contributed by atoms with Gasteiger partial charge >= 0.3 is 5.97 Å². The van der Waals surface area contributed by atoms with Crippen molar-refractivity contribution in [1.29, 1.82) is 0 Å². The summed E-state index contributed by atoms with van der Waals surface area (Å²) in [6.45, 7) is 1.75. The summed E-state index contributed by atoms with van der Waals surface area (Å²) in [5.41, 5.74) is 3.01. The number of aryl methyl sites for hydroxylation is 1. The zero-order chi connectivity index (χ0) is 18.0. The van der Waals surface area contributed by atoms with Crippen LogP contribution in [0.25, 0.3) is 0 Å². The molecule has 130 valence electrons. The van der Waals surface area contributed by atoms with Gasteiger partial charge in [0, 0.05) is 17.7 Å². The number of ether oxygens (including phenoxy) is 1. The smallest absolute Gasteiger partial charge is 0.333 e. The van der Waals surface area contributed by atoms with E-state index in [2.05, 4.69) is 10.3 Å². The Balaban J connectivity index is 1.90. The first-order chi connectivity index (χ1) is 12.0. The van der Waals surface area contributed by atoms with Crippen molar-refractivity contribution in [3.05, 3.63) is 58.4 Å². The van der Waals surface area contributed by atoms with Crippen LogP contribution in [0.1, 0.15) is 56.6 Å². The van der Waals surface area contributed by atoms with Crippen LogP contribution >= 0.6 is 0 Å². The first kappa shape index (κ1) is 17.0. The van der Waals surface area contributed by atoms with E-state index in [-0.39, 0.29) is 5.78 Å². The van der Waals surface area contributed by atoms with Crippen molar-refractivity contribution in [3.8, 4) is 0 Å². The number of carbonyl (C=O) groups is 3. The summed E-state index contributed by atoms with van der Waals surface area (Å²) in [6.07, 6.45) is 2.03. The van der Waals surface area contributed by atoms with Crippen molar-refractivity contribution >= 4 is 17.7 Å². The number of ketones is 1. The van der Waals surface area contributed by atoms with E-state index in [1.807, 2.05) is 6.07 Å². The minimum atomic E-state index is -0.908. The third-order valence-corrected chi connectivity index (χ3v) is 4.51. The fourth-order valence-electron chi connectivity index (χ4n) is 3.25. The molecule has 0 spiro atoms. The molecule has 1 amide bonds. The quantitative estimate of drug-likeness (QED) is 0.837. The Morgan fingerprint density at radius 1 is 1.20 bits per heavy atom. The number of esters is 1. The third kappa shape index (κ3) is 3.20. The number of aromatic amines is 1. The minimum Gasteiger partial charge on any atom is -0.467 e. The molecule has 3 rings (SSSR count). The minimum absolute atomic E-state index is 0.0571. The van der Waals surface area contributed by atoms with Gasteiger partial charge in [0.2, 0.25) is 0 Å². The Morgan fingerprint density at radius 3 is 2.56 bits per heavy atom. The topological polar surface area (TPSA) is 88.3 Å². The average molecular weight is 340 g/mol. The molecule has 6 nitrogen and oxygen atoms in total. The van der Waals surface area contributed by atoms with Gasteiger partial charge in [-0.3, -0.25) is 9.59 Å². The lowest BCUT2D eigenvalue weighted by Gasteiger charge is -2.16. The predicted octanol–water partition coefficient (Wildman–Crippen LogP) is 2.49. The number of benzene rings is 1. The highest BCUT2D eigenvalue weighted by Gasteiger charge is 2.29. The zero-order valence-corrected chi connectivity index (χ0v) is 14.2. The summed E-state index contributed by atoms with van der Waals surface area (Å²) >= 11 is 0. The summed E-state index contributed by atoms with van der Waals surface area (Å²) in [5, 5.41) is 2.71. The summed E-state index contributed by atoms with van der Waals surface area (Å²) in [5.74, 6) is -0.926. The lowest BCUT2D eigenvalue weighted by Crippen LogP contribution is -2.35. The average Bonchev–Trinajstić information content (AvgIpc) is 2.97. The van der Waals surface area contributed by atoms with E-state index in [4.69, 9.17) is 4.74 Å². The van der Waals surface area contributed by atoms with Gasteiger partial charge in [-0.05, 0) is 30.9 Å². The van der Waals surface area contributed by atoms with Crippen LogP contribution in [0.3, 0.4) is 0 Å². The number of carbonyl (C=O) groups excluding carboxylic acids is 3. The van der Waals surface area contributed by atoms with Crippen LogP contribution in [0.2, 0.25) is 0 Å². The van der Waals surface area contributed by atoms with E-state index in [1.54, 1.807) is 31.2 Å². The lowest BCUT2D eigenvalue weighted by atomic mass is 9.94. The molecule has 0 fully saturated rings. The molecule has 1 aromatic carbocycles. The van der Waals surface area contributed by atoms with E-state index in [1.165, 1.54) is 7.11 Å². The van der Waals surface area contributed by atoms with Crippen molar-refractivity contribution in [2.24, 2.45) is 0 Å². The number of hydrogen-bond acceptors (Lipinski definition) is 4. The van der Waals surface area contributed by atoms with Gasteiger partial charge in [-0.1, -0.05) is 30.3 Å². The van der Waals surface area contributed by atoms with Gasteiger partial charge < -0.3 is 15.0 Å². The monoisotopic (exact) mass is 340 g/mol. The van der Waals surface area contributed by atoms with Gasteiger partial charge in [0.05, 0.1) is 7.11 Å². The molecule has 1 aromatic heterocycles. The van der Waals surface area contributed by atoms with Gasteiger partial charge in [0.25, 0.3) is 5.91 Å². The van der Waals surface area contributed by atoms with E-state index in [9.17, 15) is 14.4 Å².